The average Bonchev–Trinajstić information content (AvgIpc) is 2.73. The van der Waals surface area contributed by atoms with Crippen molar-refractivity contribution in [2.45, 2.75) is 69.9 Å². The molecule has 118 valence electrons. The minimum absolute atomic E-state index is 0.0605. The molecule has 0 saturated carbocycles. The lowest BCUT2D eigenvalue weighted by molar-refractivity contribution is 0.422. The van der Waals surface area contributed by atoms with Crippen LogP contribution in [0.3, 0.4) is 0 Å². The van der Waals surface area contributed by atoms with E-state index in [2.05, 4.69) is 65.9 Å². The summed E-state index contributed by atoms with van der Waals surface area (Å²) in [6.07, 6.45) is 0. The van der Waals surface area contributed by atoms with Gasteiger partial charge in [-0.2, -0.15) is 0 Å². The van der Waals surface area contributed by atoms with Gasteiger partial charge >= 0.3 is 0 Å². The number of aromatic hydroxyl groups is 1. The van der Waals surface area contributed by atoms with E-state index in [1.807, 2.05) is 11.8 Å². The second-order valence-corrected chi connectivity index (χ2v) is 9.75. The van der Waals surface area contributed by atoms with E-state index in [0.717, 1.165) is 17.7 Å². The quantitative estimate of drug-likeness (QED) is 0.788. The first-order valence-electron chi connectivity index (χ1n) is 7.77. The van der Waals surface area contributed by atoms with Gasteiger partial charge in [0.15, 0.2) is 0 Å². The van der Waals surface area contributed by atoms with E-state index in [1.165, 1.54) is 5.56 Å². The summed E-state index contributed by atoms with van der Waals surface area (Å²) in [6, 6.07) is 4.38. The van der Waals surface area contributed by atoms with Gasteiger partial charge in [-0.25, -0.2) is 0 Å². The standard InChI is InChI=1S/C18H29NOS/c1-11-10-19-16(21-11)12-8-13(17(2,3)4)15(20)14(9-12)18(5,6)7/h8-9,11,16,19-20H,10H2,1-7H3. The zero-order chi connectivity index (χ0) is 16.0. The Morgan fingerprint density at radius 2 is 1.52 bits per heavy atom. The van der Waals surface area contributed by atoms with Crippen molar-refractivity contribution in [2.75, 3.05) is 6.54 Å². The van der Waals surface area contributed by atoms with Gasteiger partial charge in [0.25, 0.3) is 0 Å². The SMILES string of the molecule is CC1CNC(c2cc(C(C)(C)C)c(O)c(C(C)(C)C)c2)S1. The molecule has 1 saturated heterocycles. The van der Waals surface area contributed by atoms with E-state index in [0.29, 0.717) is 16.4 Å². The maximum atomic E-state index is 10.8. The Labute approximate surface area is 133 Å². The van der Waals surface area contributed by atoms with Gasteiger partial charge < -0.3 is 10.4 Å². The Morgan fingerprint density at radius 3 is 1.86 bits per heavy atom. The highest BCUT2D eigenvalue weighted by atomic mass is 32.2. The fraction of sp³-hybridized carbons (Fsp3) is 0.667. The van der Waals surface area contributed by atoms with Gasteiger partial charge in [-0.1, -0.05) is 48.5 Å². The van der Waals surface area contributed by atoms with Crippen LogP contribution in [0.25, 0.3) is 0 Å². The summed E-state index contributed by atoms with van der Waals surface area (Å²) >= 11 is 1.97. The summed E-state index contributed by atoms with van der Waals surface area (Å²) in [5.74, 6) is 0.467. The number of phenols is 1. The molecule has 0 spiro atoms. The molecule has 2 nitrogen and oxygen atoms in total. The average molecular weight is 308 g/mol. The van der Waals surface area contributed by atoms with Crippen LogP contribution in [0.5, 0.6) is 5.75 Å². The van der Waals surface area contributed by atoms with Crippen molar-refractivity contribution in [1.82, 2.24) is 5.32 Å². The third kappa shape index (κ3) is 3.57. The van der Waals surface area contributed by atoms with Crippen molar-refractivity contribution in [3.63, 3.8) is 0 Å². The second-order valence-electron chi connectivity index (χ2n) is 8.20. The van der Waals surface area contributed by atoms with Crippen LogP contribution >= 0.6 is 11.8 Å². The lowest BCUT2D eigenvalue weighted by atomic mass is 9.78. The highest BCUT2D eigenvalue weighted by Gasteiger charge is 2.30. The lowest BCUT2D eigenvalue weighted by Crippen LogP contribution is -2.20. The maximum Gasteiger partial charge on any atom is 0.123 e. The largest absolute Gasteiger partial charge is 0.507 e. The zero-order valence-corrected chi connectivity index (χ0v) is 15.2. The Bertz CT molecular complexity index is 490. The topological polar surface area (TPSA) is 32.3 Å². The maximum absolute atomic E-state index is 10.8. The van der Waals surface area contributed by atoms with Crippen molar-refractivity contribution in [1.29, 1.82) is 0 Å². The number of phenolic OH excluding ortho intramolecular Hbond substituents is 1. The van der Waals surface area contributed by atoms with Crippen LogP contribution in [0.15, 0.2) is 12.1 Å². The Kier molecular flexibility index (Phi) is 4.38. The fourth-order valence-corrected chi connectivity index (χ4v) is 3.89. The summed E-state index contributed by atoms with van der Waals surface area (Å²) < 4.78 is 0. The molecular weight excluding hydrogens is 278 g/mol. The van der Waals surface area contributed by atoms with Crippen molar-refractivity contribution >= 4 is 11.8 Å². The first-order chi connectivity index (χ1) is 9.50. The normalized spacial score (nSPS) is 23.6. The van der Waals surface area contributed by atoms with E-state index >= 15 is 0 Å². The molecule has 2 N–H and O–H groups in total. The predicted octanol–water partition coefficient (Wildman–Crippen LogP) is 4.71. The lowest BCUT2D eigenvalue weighted by Gasteiger charge is -2.29. The molecule has 0 radical (unpaired) electrons. The minimum atomic E-state index is -0.0605. The monoisotopic (exact) mass is 307 g/mol. The van der Waals surface area contributed by atoms with Crippen LogP contribution in [0, 0.1) is 0 Å². The molecule has 1 fully saturated rings. The molecule has 1 aromatic rings. The van der Waals surface area contributed by atoms with Crippen molar-refractivity contribution in [3.05, 3.63) is 28.8 Å². The molecule has 1 aliphatic heterocycles. The van der Waals surface area contributed by atoms with Crippen molar-refractivity contribution < 1.29 is 5.11 Å². The van der Waals surface area contributed by atoms with Crippen LogP contribution in [-0.2, 0) is 10.8 Å². The van der Waals surface area contributed by atoms with Gasteiger partial charge in [0.2, 0.25) is 0 Å². The molecule has 1 heterocycles. The number of hydrogen-bond donors (Lipinski definition) is 2. The summed E-state index contributed by atoms with van der Waals surface area (Å²) in [6.45, 7) is 16.3. The smallest absolute Gasteiger partial charge is 0.123 e. The fourth-order valence-electron chi connectivity index (χ4n) is 2.75. The van der Waals surface area contributed by atoms with E-state index in [-0.39, 0.29) is 10.8 Å². The van der Waals surface area contributed by atoms with Crippen LogP contribution < -0.4 is 5.32 Å². The molecule has 0 aromatic heterocycles. The van der Waals surface area contributed by atoms with Gasteiger partial charge in [-0.3, -0.25) is 0 Å². The highest BCUT2D eigenvalue weighted by molar-refractivity contribution is 8.00. The first-order valence-corrected chi connectivity index (χ1v) is 8.71. The summed E-state index contributed by atoms with van der Waals surface area (Å²) in [5, 5.41) is 15.3. The van der Waals surface area contributed by atoms with Crippen LogP contribution in [0.1, 0.15) is 70.5 Å². The zero-order valence-electron chi connectivity index (χ0n) is 14.4. The van der Waals surface area contributed by atoms with E-state index in [4.69, 9.17) is 0 Å². The minimum Gasteiger partial charge on any atom is -0.507 e. The molecule has 2 atom stereocenters. The molecule has 0 amide bonds. The number of nitrogens with one attached hydrogen (secondary N) is 1. The molecule has 1 aliphatic rings. The predicted molar refractivity (Wildman–Crippen MR) is 93.3 cm³/mol. The van der Waals surface area contributed by atoms with E-state index in [1.54, 1.807) is 0 Å². The van der Waals surface area contributed by atoms with Gasteiger partial charge in [-0.05, 0) is 39.7 Å². The van der Waals surface area contributed by atoms with Crippen LogP contribution in [0.2, 0.25) is 0 Å². The summed E-state index contributed by atoms with van der Waals surface area (Å²) in [7, 11) is 0. The number of thioether (sulfide) groups is 1. The highest BCUT2D eigenvalue weighted by Crippen LogP contribution is 2.43. The van der Waals surface area contributed by atoms with Crippen molar-refractivity contribution in [3.8, 4) is 5.75 Å². The molecule has 3 heteroatoms. The van der Waals surface area contributed by atoms with Crippen molar-refractivity contribution in [2.24, 2.45) is 0 Å². The summed E-state index contributed by atoms with van der Waals surface area (Å²) in [5.41, 5.74) is 3.26. The Morgan fingerprint density at radius 1 is 1.05 bits per heavy atom. The molecular formula is C18H29NOS. The number of rotatable bonds is 1. The van der Waals surface area contributed by atoms with Gasteiger partial charge in [0.05, 0.1) is 5.37 Å². The number of benzene rings is 1. The Hall–Kier alpha value is -0.670. The molecule has 0 bridgehead atoms. The van der Waals surface area contributed by atoms with Crippen LogP contribution in [-0.4, -0.2) is 16.9 Å². The van der Waals surface area contributed by atoms with Gasteiger partial charge in [0.1, 0.15) is 5.75 Å². The molecule has 1 aromatic carbocycles. The van der Waals surface area contributed by atoms with Crippen LogP contribution in [0.4, 0.5) is 0 Å². The summed E-state index contributed by atoms with van der Waals surface area (Å²) in [4.78, 5) is 0. The molecule has 2 unspecified atom stereocenters. The van der Waals surface area contributed by atoms with Gasteiger partial charge in [0, 0.05) is 11.8 Å². The van der Waals surface area contributed by atoms with Gasteiger partial charge in [-0.15, -0.1) is 11.8 Å². The number of hydrogen-bond acceptors (Lipinski definition) is 3. The third-order valence-electron chi connectivity index (χ3n) is 4.01. The van der Waals surface area contributed by atoms with E-state index < -0.39 is 0 Å². The second kappa shape index (κ2) is 5.51. The van der Waals surface area contributed by atoms with E-state index in [9.17, 15) is 5.11 Å². The molecule has 2 rings (SSSR count). The first kappa shape index (κ1) is 16.7. The molecule has 21 heavy (non-hydrogen) atoms. The third-order valence-corrected chi connectivity index (χ3v) is 5.35. The molecule has 0 aliphatic carbocycles. The Balaban J connectivity index is 2.57.